The van der Waals surface area contributed by atoms with Crippen LogP contribution in [0.15, 0.2) is 45.9 Å². The second-order valence-corrected chi connectivity index (χ2v) is 6.21. The molecular formula is C18H22N2O4. The zero-order valence-electron chi connectivity index (χ0n) is 13.5. The number of aromatic nitrogens is 1. The summed E-state index contributed by atoms with van der Waals surface area (Å²) in [6.07, 6.45) is 6.57. The van der Waals surface area contributed by atoms with Crippen molar-refractivity contribution in [3.63, 3.8) is 0 Å². The van der Waals surface area contributed by atoms with Gasteiger partial charge in [0.15, 0.2) is 0 Å². The summed E-state index contributed by atoms with van der Waals surface area (Å²) in [5.41, 5.74) is 0.0981. The van der Waals surface area contributed by atoms with Crippen molar-refractivity contribution in [1.29, 1.82) is 0 Å². The molecule has 0 spiro atoms. The Morgan fingerprint density at radius 1 is 1.38 bits per heavy atom. The Bertz CT molecular complexity index is 723. The monoisotopic (exact) mass is 330 g/mol. The van der Waals surface area contributed by atoms with E-state index in [1.165, 1.54) is 18.5 Å². The minimum atomic E-state index is -0.738. The van der Waals surface area contributed by atoms with Crippen molar-refractivity contribution in [2.75, 3.05) is 6.54 Å². The van der Waals surface area contributed by atoms with E-state index >= 15 is 0 Å². The number of aliphatic hydroxyl groups excluding tert-OH is 1. The fraction of sp³-hybridized carbons (Fsp3) is 0.444. The Morgan fingerprint density at radius 2 is 2.25 bits per heavy atom. The summed E-state index contributed by atoms with van der Waals surface area (Å²) in [6.45, 7) is 0.640. The van der Waals surface area contributed by atoms with Gasteiger partial charge in [-0.05, 0) is 31.0 Å². The van der Waals surface area contributed by atoms with E-state index in [0.29, 0.717) is 24.3 Å². The number of rotatable bonds is 4. The molecule has 3 rings (SSSR count). The third-order valence-electron chi connectivity index (χ3n) is 4.53. The highest BCUT2D eigenvalue weighted by Gasteiger charge is 2.29. The molecule has 128 valence electrons. The van der Waals surface area contributed by atoms with E-state index in [4.69, 9.17) is 4.42 Å². The summed E-state index contributed by atoms with van der Waals surface area (Å²) in [7, 11) is 0. The summed E-state index contributed by atoms with van der Waals surface area (Å²) in [6, 6.07) is 6.36. The maximum absolute atomic E-state index is 12.9. The van der Waals surface area contributed by atoms with Gasteiger partial charge in [-0.1, -0.05) is 12.8 Å². The van der Waals surface area contributed by atoms with Gasteiger partial charge in [0.25, 0.3) is 5.91 Å². The molecule has 3 heterocycles. The molecule has 0 bridgehead atoms. The number of nitrogens with one attached hydrogen (secondary N) is 1. The molecular weight excluding hydrogens is 308 g/mol. The first-order chi connectivity index (χ1) is 11.6. The van der Waals surface area contributed by atoms with Crippen LogP contribution >= 0.6 is 0 Å². The smallest absolute Gasteiger partial charge is 0.254 e. The predicted octanol–water partition coefficient (Wildman–Crippen LogP) is 2.48. The third-order valence-corrected chi connectivity index (χ3v) is 4.53. The highest BCUT2D eigenvalue weighted by Crippen LogP contribution is 2.27. The number of carbonyl (C=O) groups is 1. The Balaban J connectivity index is 1.79. The van der Waals surface area contributed by atoms with Crippen LogP contribution in [0.2, 0.25) is 0 Å². The van der Waals surface area contributed by atoms with Crippen LogP contribution in [0.1, 0.15) is 54.3 Å². The average molecular weight is 330 g/mol. The van der Waals surface area contributed by atoms with Gasteiger partial charge in [0.05, 0.1) is 6.26 Å². The minimum Gasteiger partial charge on any atom is -0.467 e. The first kappa shape index (κ1) is 16.5. The van der Waals surface area contributed by atoms with Crippen LogP contribution in [0.5, 0.6) is 0 Å². The fourth-order valence-electron chi connectivity index (χ4n) is 3.29. The number of pyridine rings is 1. The second-order valence-electron chi connectivity index (χ2n) is 6.21. The van der Waals surface area contributed by atoms with Gasteiger partial charge in [-0.25, -0.2) is 0 Å². The van der Waals surface area contributed by atoms with Crippen molar-refractivity contribution in [2.24, 2.45) is 0 Å². The van der Waals surface area contributed by atoms with E-state index < -0.39 is 6.10 Å². The predicted molar refractivity (Wildman–Crippen MR) is 88.6 cm³/mol. The number of hydrogen-bond acceptors (Lipinski definition) is 4. The lowest BCUT2D eigenvalue weighted by molar-refractivity contribution is 0.0557. The SMILES string of the molecule is O=C(c1cc[nH]c(=O)c1)N1CCCCC[C@@H]1C[C@H](O)c1ccco1. The molecule has 1 amide bonds. The van der Waals surface area contributed by atoms with E-state index in [2.05, 4.69) is 4.98 Å². The first-order valence-corrected chi connectivity index (χ1v) is 8.36. The molecule has 0 saturated carbocycles. The number of likely N-dealkylation sites (tertiary alicyclic amines) is 1. The summed E-state index contributed by atoms with van der Waals surface area (Å²) in [4.78, 5) is 28.7. The Kier molecular flexibility index (Phi) is 5.15. The number of nitrogens with zero attached hydrogens (tertiary/aromatic N) is 1. The zero-order chi connectivity index (χ0) is 16.9. The zero-order valence-corrected chi connectivity index (χ0v) is 13.5. The molecule has 0 aliphatic carbocycles. The van der Waals surface area contributed by atoms with Crippen molar-refractivity contribution >= 4 is 5.91 Å². The van der Waals surface area contributed by atoms with Crippen molar-refractivity contribution in [2.45, 2.75) is 44.2 Å². The van der Waals surface area contributed by atoms with E-state index in [0.717, 1.165) is 25.7 Å². The van der Waals surface area contributed by atoms with Gasteiger partial charge in [0.1, 0.15) is 11.9 Å². The molecule has 6 heteroatoms. The quantitative estimate of drug-likeness (QED) is 0.901. The number of furan rings is 1. The normalized spacial score (nSPS) is 19.7. The second kappa shape index (κ2) is 7.49. The lowest BCUT2D eigenvalue weighted by Gasteiger charge is -2.31. The van der Waals surface area contributed by atoms with Gasteiger partial charge >= 0.3 is 0 Å². The van der Waals surface area contributed by atoms with Gasteiger partial charge in [0.2, 0.25) is 5.56 Å². The van der Waals surface area contributed by atoms with Crippen LogP contribution in [-0.4, -0.2) is 33.5 Å². The molecule has 2 aromatic heterocycles. The van der Waals surface area contributed by atoms with E-state index in [1.54, 1.807) is 23.1 Å². The maximum Gasteiger partial charge on any atom is 0.254 e. The third kappa shape index (κ3) is 3.76. The molecule has 1 aliphatic heterocycles. The number of H-pyrrole nitrogens is 1. The van der Waals surface area contributed by atoms with Gasteiger partial charge < -0.3 is 19.4 Å². The van der Waals surface area contributed by atoms with Gasteiger partial charge in [-0.2, -0.15) is 0 Å². The fourth-order valence-corrected chi connectivity index (χ4v) is 3.29. The van der Waals surface area contributed by atoms with E-state index in [9.17, 15) is 14.7 Å². The Morgan fingerprint density at radius 3 is 3.00 bits per heavy atom. The largest absolute Gasteiger partial charge is 0.467 e. The minimum absolute atomic E-state index is 0.0700. The number of hydrogen-bond donors (Lipinski definition) is 2. The van der Waals surface area contributed by atoms with Crippen LogP contribution in [-0.2, 0) is 0 Å². The average Bonchev–Trinajstić information content (AvgIpc) is 3.02. The molecule has 1 saturated heterocycles. The van der Waals surface area contributed by atoms with Crippen molar-refractivity contribution < 1.29 is 14.3 Å². The molecule has 6 nitrogen and oxygen atoms in total. The van der Waals surface area contributed by atoms with Gasteiger partial charge in [-0.3, -0.25) is 9.59 Å². The molecule has 1 fully saturated rings. The van der Waals surface area contributed by atoms with Crippen LogP contribution in [0, 0.1) is 0 Å². The topological polar surface area (TPSA) is 86.5 Å². The molecule has 1 aliphatic rings. The first-order valence-electron chi connectivity index (χ1n) is 8.36. The molecule has 2 atom stereocenters. The maximum atomic E-state index is 12.9. The van der Waals surface area contributed by atoms with Crippen LogP contribution in [0.3, 0.4) is 0 Å². The summed E-state index contributed by atoms with van der Waals surface area (Å²) < 4.78 is 5.27. The number of amides is 1. The van der Waals surface area contributed by atoms with Crippen LogP contribution in [0.4, 0.5) is 0 Å². The number of aliphatic hydroxyl groups is 1. The standard InChI is InChI=1S/C18H22N2O4/c21-15(16-6-4-10-24-16)12-14-5-2-1-3-9-20(14)18(23)13-7-8-19-17(22)11-13/h4,6-8,10-11,14-15,21H,1-3,5,9,12H2,(H,19,22)/t14-,15+/m1/s1. The van der Waals surface area contributed by atoms with Crippen LogP contribution < -0.4 is 5.56 Å². The van der Waals surface area contributed by atoms with Gasteiger partial charge in [-0.15, -0.1) is 0 Å². The number of carbonyl (C=O) groups excluding carboxylic acids is 1. The van der Waals surface area contributed by atoms with E-state index in [-0.39, 0.29) is 17.5 Å². The lowest BCUT2D eigenvalue weighted by Crippen LogP contribution is -2.41. The Hall–Kier alpha value is -2.34. The molecule has 24 heavy (non-hydrogen) atoms. The van der Waals surface area contributed by atoms with Crippen molar-refractivity contribution in [3.8, 4) is 0 Å². The summed E-state index contributed by atoms with van der Waals surface area (Å²) in [5, 5.41) is 10.4. The molecule has 0 aromatic carbocycles. The van der Waals surface area contributed by atoms with Crippen molar-refractivity contribution in [1.82, 2.24) is 9.88 Å². The summed E-state index contributed by atoms with van der Waals surface area (Å²) >= 11 is 0. The highest BCUT2D eigenvalue weighted by molar-refractivity contribution is 5.94. The molecule has 2 N–H and O–H groups in total. The molecule has 2 aromatic rings. The molecule has 0 radical (unpaired) electrons. The van der Waals surface area contributed by atoms with Gasteiger partial charge in [0, 0.05) is 36.8 Å². The Labute approximate surface area is 140 Å². The van der Waals surface area contributed by atoms with Crippen molar-refractivity contribution in [3.05, 3.63) is 58.4 Å². The van der Waals surface area contributed by atoms with Crippen LogP contribution in [0.25, 0.3) is 0 Å². The summed E-state index contributed by atoms with van der Waals surface area (Å²) in [5.74, 6) is 0.363. The lowest BCUT2D eigenvalue weighted by atomic mass is 10.0. The molecule has 0 unspecified atom stereocenters. The van der Waals surface area contributed by atoms with E-state index in [1.807, 2.05) is 0 Å². The number of aromatic amines is 1. The highest BCUT2D eigenvalue weighted by atomic mass is 16.4.